The van der Waals surface area contributed by atoms with Crippen molar-refractivity contribution in [2.45, 2.75) is 11.1 Å². The van der Waals surface area contributed by atoms with Crippen molar-refractivity contribution in [3.8, 4) is 16.9 Å². The third-order valence-corrected chi connectivity index (χ3v) is 5.22. The molecule has 4 aromatic rings. The van der Waals surface area contributed by atoms with Crippen LogP contribution < -0.4 is 5.14 Å². The summed E-state index contributed by atoms with van der Waals surface area (Å²) in [6.07, 6.45) is -4.78. The maximum Gasteiger partial charge on any atom is 0.435 e. The van der Waals surface area contributed by atoms with E-state index in [1.165, 1.54) is 24.3 Å². The number of primary sulfonamides is 1. The molecule has 0 bridgehead atoms. The van der Waals surface area contributed by atoms with Gasteiger partial charge in [0.05, 0.1) is 21.7 Å². The maximum absolute atomic E-state index is 13.9. The highest BCUT2D eigenvalue weighted by atomic mass is 32.2. The molecule has 0 saturated carbocycles. The van der Waals surface area contributed by atoms with Crippen LogP contribution in [0.15, 0.2) is 57.8 Å². The first kappa shape index (κ1) is 20.0. The average molecular weight is 443 g/mol. The molecule has 2 N–H and O–H groups in total. The molecule has 2 aromatic carbocycles. The number of benzene rings is 2. The minimum Gasteiger partial charge on any atom is -0.429 e. The van der Waals surface area contributed by atoms with Crippen LogP contribution in [0, 0.1) is 11.8 Å². The second-order valence-corrected chi connectivity index (χ2v) is 7.83. The molecule has 2 heterocycles. The van der Waals surface area contributed by atoms with Crippen LogP contribution in [0.5, 0.6) is 0 Å². The summed E-state index contributed by atoms with van der Waals surface area (Å²) in [7, 11) is -4.01. The number of hydrogen-bond acceptors (Lipinski definition) is 4. The summed E-state index contributed by atoms with van der Waals surface area (Å²) < 4.78 is 95.3. The summed E-state index contributed by atoms with van der Waals surface area (Å²) in [5, 5.41) is 8.32. The highest BCUT2D eigenvalue weighted by molar-refractivity contribution is 7.89. The van der Waals surface area contributed by atoms with Gasteiger partial charge in [-0.1, -0.05) is 0 Å². The van der Waals surface area contributed by atoms with Crippen LogP contribution in [0.2, 0.25) is 0 Å². The van der Waals surface area contributed by atoms with Crippen LogP contribution in [-0.2, 0) is 16.2 Å². The van der Waals surface area contributed by atoms with E-state index < -0.39 is 33.7 Å². The summed E-state index contributed by atoms with van der Waals surface area (Å²) in [4.78, 5) is -0.242. The molecule has 0 aliphatic carbocycles. The number of fused-ring (bicyclic) bond motifs is 1. The molecular formula is C18H10F5N3O3S. The van der Waals surface area contributed by atoms with Crippen molar-refractivity contribution in [3.05, 3.63) is 66.1 Å². The van der Waals surface area contributed by atoms with Gasteiger partial charge in [-0.3, -0.25) is 0 Å². The van der Waals surface area contributed by atoms with Crippen LogP contribution in [0.25, 0.3) is 27.9 Å². The van der Waals surface area contributed by atoms with Gasteiger partial charge in [-0.05, 0) is 48.5 Å². The van der Waals surface area contributed by atoms with Crippen molar-refractivity contribution in [2.24, 2.45) is 5.14 Å². The first-order valence-electron chi connectivity index (χ1n) is 8.13. The molecule has 30 heavy (non-hydrogen) atoms. The van der Waals surface area contributed by atoms with Crippen LogP contribution >= 0.6 is 0 Å². The molecule has 156 valence electrons. The van der Waals surface area contributed by atoms with E-state index in [1.807, 2.05) is 0 Å². The predicted molar refractivity (Wildman–Crippen MR) is 95.1 cm³/mol. The fraction of sp³-hybridized carbons (Fsp3) is 0.0556. The fourth-order valence-electron chi connectivity index (χ4n) is 2.90. The summed E-state index contributed by atoms with van der Waals surface area (Å²) in [5.41, 5.74) is -1.25. The van der Waals surface area contributed by atoms with E-state index in [-0.39, 0.29) is 32.8 Å². The number of aromatic nitrogens is 2. The van der Waals surface area contributed by atoms with Crippen molar-refractivity contribution in [1.29, 1.82) is 0 Å². The minimum absolute atomic E-state index is 0.0893. The lowest BCUT2D eigenvalue weighted by molar-refractivity contribution is -0.141. The highest BCUT2D eigenvalue weighted by Gasteiger charge is 2.35. The van der Waals surface area contributed by atoms with Gasteiger partial charge in [0.15, 0.2) is 5.69 Å². The van der Waals surface area contributed by atoms with Gasteiger partial charge in [0.2, 0.25) is 15.8 Å². The normalized spacial score (nSPS) is 12.6. The maximum atomic E-state index is 13.9. The van der Waals surface area contributed by atoms with Crippen molar-refractivity contribution in [1.82, 2.24) is 9.78 Å². The van der Waals surface area contributed by atoms with Crippen molar-refractivity contribution >= 4 is 21.0 Å². The molecule has 0 saturated heterocycles. The largest absolute Gasteiger partial charge is 0.435 e. The predicted octanol–water partition coefficient (Wildman–Crippen LogP) is 4.23. The second kappa shape index (κ2) is 6.64. The lowest BCUT2D eigenvalue weighted by Crippen LogP contribution is -2.12. The molecule has 6 nitrogen and oxygen atoms in total. The molecule has 0 unspecified atom stereocenters. The van der Waals surface area contributed by atoms with Crippen molar-refractivity contribution < 1.29 is 34.8 Å². The summed E-state index contributed by atoms with van der Waals surface area (Å²) >= 11 is 0. The molecule has 0 amide bonds. The Hall–Kier alpha value is -3.25. The quantitative estimate of drug-likeness (QED) is 0.480. The molecule has 0 radical (unpaired) electrons. The molecule has 12 heteroatoms. The van der Waals surface area contributed by atoms with Gasteiger partial charge in [0.25, 0.3) is 0 Å². The zero-order valence-electron chi connectivity index (χ0n) is 14.6. The van der Waals surface area contributed by atoms with E-state index in [2.05, 4.69) is 9.52 Å². The number of nitrogens with two attached hydrogens (primary N) is 1. The molecular weight excluding hydrogens is 433 g/mol. The number of sulfonamides is 1. The number of nitrogens with zero attached hydrogens (tertiary/aromatic N) is 2. The summed E-state index contributed by atoms with van der Waals surface area (Å²) in [5.74, 6) is -1.27. The monoisotopic (exact) mass is 443 g/mol. The first-order valence-corrected chi connectivity index (χ1v) is 9.68. The molecule has 0 spiro atoms. The average Bonchev–Trinajstić information content (AvgIpc) is 3.23. The van der Waals surface area contributed by atoms with Crippen LogP contribution in [0.3, 0.4) is 0 Å². The Balaban J connectivity index is 1.91. The van der Waals surface area contributed by atoms with Gasteiger partial charge >= 0.3 is 12.2 Å². The zero-order valence-corrected chi connectivity index (χ0v) is 15.4. The third kappa shape index (κ3) is 3.44. The molecule has 0 aliphatic rings. The smallest absolute Gasteiger partial charge is 0.429 e. The Bertz CT molecular complexity index is 1370. The Morgan fingerprint density at radius 1 is 1.00 bits per heavy atom. The summed E-state index contributed by atoms with van der Waals surface area (Å²) in [6, 6.07) is 7.61. The molecule has 0 fully saturated rings. The second-order valence-electron chi connectivity index (χ2n) is 6.26. The van der Waals surface area contributed by atoms with Gasteiger partial charge in [-0.25, -0.2) is 18.2 Å². The van der Waals surface area contributed by atoms with Crippen molar-refractivity contribution in [3.63, 3.8) is 0 Å². The Kier molecular flexibility index (Phi) is 4.43. The van der Waals surface area contributed by atoms with Crippen LogP contribution in [0.1, 0.15) is 5.69 Å². The number of furan rings is 1. The summed E-state index contributed by atoms with van der Waals surface area (Å²) in [6.45, 7) is 0. The van der Waals surface area contributed by atoms with Crippen LogP contribution in [0.4, 0.5) is 22.0 Å². The van der Waals surface area contributed by atoms with Crippen LogP contribution in [-0.4, -0.2) is 18.2 Å². The van der Waals surface area contributed by atoms with Gasteiger partial charge in [0.1, 0.15) is 5.58 Å². The van der Waals surface area contributed by atoms with E-state index in [1.54, 1.807) is 0 Å². The third-order valence-electron chi connectivity index (χ3n) is 4.29. The minimum atomic E-state index is -4.78. The lowest BCUT2D eigenvalue weighted by Gasteiger charge is -2.08. The molecule has 2 aromatic heterocycles. The zero-order chi connectivity index (χ0) is 21.8. The van der Waals surface area contributed by atoms with Gasteiger partial charge in [-0.2, -0.15) is 27.1 Å². The van der Waals surface area contributed by atoms with E-state index in [4.69, 9.17) is 5.14 Å². The van der Waals surface area contributed by atoms with E-state index in [0.29, 0.717) is 0 Å². The Labute approximate surface area is 165 Å². The van der Waals surface area contributed by atoms with E-state index >= 15 is 0 Å². The number of halogens is 5. The van der Waals surface area contributed by atoms with Crippen molar-refractivity contribution in [2.75, 3.05) is 0 Å². The lowest BCUT2D eigenvalue weighted by atomic mass is 10.1. The van der Waals surface area contributed by atoms with Gasteiger partial charge < -0.3 is 4.42 Å². The van der Waals surface area contributed by atoms with E-state index in [0.717, 1.165) is 28.9 Å². The Morgan fingerprint density at radius 3 is 2.27 bits per heavy atom. The number of rotatable bonds is 3. The first-order chi connectivity index (χ1) is 13.9. The Morgan fingerprint density at radius 2 is 1.67 bits per heavy atom. The molecule has 0 aliphatic heterocycles. The fourth-order valence-corrected chi connectivity index (χ4v) is 3.41. The van der Waals surface area contributed by atoms with E-state index in [9.17, 15) is 30.4 Å². The van der Waals surface area contributed by atoms with Gasteiger partial charge in [0, 0.05) is 5.56 Å². The highest BCUT2D eigenvalue weighted by Crippen LogP contribution is 2.35. The van der Waals surface area contributed by atoms with Gasteiger partial charge in [-0.15, -0.1) is 0 Å². The molecule has 0 atom stereocenters. The standard InChI is InChI=1S/C18H10F5N3O3S/c19-16-12-7-9(1-6-14(12)29-17(16)20)13-8-15(18(21,22)23)25-26(13)10-2-4-11(5-3-10)30(24,27)28/h1-8H,(H2,24,27,28). The SMILES string of the molecule is NS(=O)(=O)c1ccc(-n2nc(C(F)(F)F)cc2-c2ccc3oc(F)c(F)c3c2)cc1. The topological polar surface area (TPSA) is 91.1 Å². The number of alkyl halides is 3. The molecule has 4 rings (SSSR count). The number of hydrogen-bond donors (Lipinski definition) is 1.